The van der Waals surface area contributed by atoms with E-state index in [0.717, 1.165) is 18.0 Å². The van der Waals surface area contributed by atoms with Gasteiger partial charge in [-0.3, -0.25) is 9.55 Å². The van der Waals surface area contributed by atoms with Gasteiger partial charge in [0, 0.05) is 18.0 Å². The lowest BCUT2D eigenvalue weighted by Gasteiger charge is -2.18. The molecule has 1 atom stereocenters. The van der Waals surface area contributed by atoms with E-state index in [1.807, 2.05) is 13.0 Å². The minimum atomic E-state index is -4.23. The van der Waals surface area contributed by atoms with E-state index in [9.17, 15) is 12.8 Å². The van der Waals surface area contributed by atoms with Gasteiger partial charge in [-0.1, -0.05) is 6.07 Å². The fourth-order valence-electron chi connectivity index (χ4n) is 3.46. The first-order chi connectivity index (χ1) is 17.2. The number of methoxy groups -OCH3 is 2. The third kappa shape index (κ3) is 5.23. The molecule has 4 aromatic rings. The normalized spacial score (nSPS) is 12.2. The molecular weight excluding hydrogens is 491 g/mol. The van der Waals surface area contributed by atoms with E-state index < -0.39 is 22.1 Å². The number of hydrogen-bond acceptors (Lipinski definition) is 9. The number of aryl methyl sites for hydroxylation is 1. The van der Waals surface area contributed by atoms with Crippen molar-refractivity contribution in [1.29, 1.82) is 0 Å². The molecule has 3 aromatic heterocycles. The summed E-state index contributed by atoms with van der Waals surface area (Å²) in [5, 5.41) is 8.32. The molecule has 36 heavy (non-hydrogen) atoms. The number of benzene rings is 1. The van der Waals surface area contributed by atoms with Crippen LogP contribution in [0.25, 0.3) is 17.1 Å². The van der Waals surface area contributed by atoms with Crippen LogP contribution in [-0.2, 0) is 10.2 Å². The average molecular weight is 515 g/mol. The van der Waals surface area contributed by atoms with Gasteiger partial charge in [-0.2, -0.15) is 13.1 Å². The van der Waals surface area contributed by atoms with Crippen molar-refractivity contribution in [3.05, 3.63) is 66.3 Å². The van der Waals surface area contributed by atoms with Gasteiger partial charge in [0.25, 0.3) is 0 Å². The second-order valence-electron chi connectivity index (χ2n) is 7.65. The van der Waals surface area contributed by atoms with Crippen molar-refractivity contribution in [2.24, 2.45) is 0 Å². The Bertz CT molecular complexity index is 1460. The molecule has 14 heteroatoms. The summed E-state index contributed by atoms with van der Waals surface area (Å²) in [4.78, 5) is 11.8. The zero-order valence-electron chi connectivity index (χ0n) is 19.8. The minimum Gasteiger partial charge on any atom is -0.494 e. The monoisotopic (exact) mass is 514 g/mol. The van der Waals surface area contributed by atoms with Gasteiger partial charge in [0.2, 0.25) is 5.95 Å². The van der Waals surface area contributed by atoms with E-state index in [4.69, 9.17) is 9.47 Å². The summed E-state index contributed by atoms with van der Waals surface area (Å²) in [6, 6.07) is 6.08. The molecule has 0 amide bonds. The molecule has 0 aliphatic rings. The highest BCUT2D eigenvalue weighted by atomic mass is 32.2. The maximum atomic E-state index is 13.2. The third-order valence-electron chi connectivity index (χ3n) is 5.01. The van der Waals surface area contributed by atoms with Gasteiger partial charge in [-0.15, -0.1) is 10.2 Å². The number of pyridine rings is 1. The maximum absolute atomic E-state index is 13.2. The lowest BCUT2D eigenvalue weighted by atomic mass is 10.2. The fourth-order valence-corrected chi connectivity index (χ4v) is 4.46. The van der Waals surface area contributed by atoms with Crippen molar-refractivity contribution in [3.8, 4) is 28.6 Å². The number of aromatic nitrogens is 6. The second-order valence-corrected chi connectivity index (χ2v) is 9.10. The predicted octanol–water partition coefficient (Wildman–Crippen LogP) is 2.59. The van der Waals surface area contributed by atoms with Crippen molar-refractivity contribution >= 4 is 16.2 Å². The summed E-state index contributed by atoms with van der Waals surface area (Å²) in [7, 11) is -1.28. The number of nitrogens with one attached hydrogen (secondary N) is 2. The zero-order valence-corrected chi connectivity index (χ0v) is 20.6. The van der Waals surface area contributed by atoms with Crippen molar-refractivity contribution in [3.63, 3.8) is 0 Å². The van der Waals surface area contributed by atoms with Gasteiger partial charge >= 0.3 is 10.2 Å². The van der Waals surface area contributed by atoms with Crippen LogP contribution in [0.15, 0.2) is 49.1 Å². The average Bonchev–Trinajstić information content (AvgIpc) is 3.25. The molecule has 4 rings (SSSR count). The highest BCUT2D eigenvalue weighted by Crippen LogP contribution is 2.37. The number of ether oxygens (including phenoxy) is 2. The Hall–Kier alpha value is -4.17. The van der Waals surface area contributed by atoms with Gasteiger partial charge in [0.15, 0.2) is 11.6 Å². The Morgan fingerprint density at radius 1 is 1.03 bits per heavy atom. The molecule has 0 radical (unpaired) electrons. The number of rotatable bonds is 9. The Balaban J connectivity index is 1.80. The second kappa shape index (κ2) is 10.2. The van der Waals surface area contributed by atoms with Crippen LogP contribution < -0.4 is 18.9 Å². The Morgan fingerprint density at radius 2 is 1.69 bits per heavy atom. The lowest BCUT2D eigenvalue weighted by molar-refractivity contribution is 0.391. The molecule has 0 spiro atoms. The lowest BCUT2D eigenvalue weighted by Crippen LogP contribution is -2.34. The highest BCUT2D eigenvalue weighted by molar-refractivity contribution is 7.90. The van der Waals surface area contributed by atoms with Crippen LogP contribution in [-0.4, -0.2) is 52.4 Å². The molecule has 0 saturated carbocycles. The first kappa shape index (κ1) is 24.9. The van der Waals surface area contributed by atoms with Crippen molar-refractivity contribution in [2.45, 2.75) is 19.9 Å². The molecule has 0 aliphatic heterocycles. The summed E-state index contributed by atoms with van der Waals surface area (Å²) < 4.78 is 56.5. The fraction of sp³-hybridized carbons (Fsp3) is 0.227. The van der Waals surface area contributed by atoms with E-state index >= 15 is 0 Å². The van der Waals surface area contributed by atoms with E-state index in [-0.39, 0.29) is 11.8 Å². The van der Waals surface area contributed by atoms with Crippen LogP contribution in [0.3, 0.4) is 0 Å². The van der Waals surface area contributed by atoms with Crippen molar-refractivity contribution in [2.75, 3.05) is 18.9 Å². The molecule has 188 valence electrons. The summed E-state index contributed by atoms with van der Waals surface area (Å²) in [5.41, 5.74) is 1.82. The molecule has 0 fully saturated rings. The van der Waals surface area contributed by atoms with Gasteiger partial charge in [-0.05, 0) is 37.6 Å². The van der Waals surface area contributed by atoms with E-state index in [0.29, 0.717) is 28.6 Å². The maximum Gasteiger partial charge on any atom is 0.302 e. The van der Waals surface area contributed by atoms with Gasteiger partial charge in [0.1, 0.15) is 23.0 Å². The SMILES string of the molecule is COc1cccc(OC)c1-n1c(NS(=O)(=O)N[C@@H](C)c2ncc(F)cn2)nnc1-c1cncc(C)c1. The third-order valence-corrected chi connectivity index (χ3v) is 6.12. The quantitative estimate of drug-likeness (QED) is 0.344. The molecule has 0 aliphatic carbocycles. The first-order valence-corrected chi connectivity index (χ1v) is 12.1. The smallest absolute Gasteiger partial charge is 0.302 e. The molecule has 12 nitrogen and oxygen atoms in total. The van der Waals surface area contributed by atoms with Crippen LogP contribution in [0.2, 0.25) is 0 Å². The van der Waals surface area contributed by atoms with Gasteiger partial charge < -0.3 is 9.47 Å². The molecule has 1 aromatic carbocycles. The number of halogens is 1. The van der Waals surface area contributed by atoms with E-state index in [2.05, 4.69) is 34.6 Å². The van der Waals surface area contributed by atoms with Crippen LogP contribution in [0.1, 0.15) is 24.4 Å². The summed E-state index contributed by atoms with van der Waals surface area (Å²) in [6.45, 7) is 3.39. The van der Waals surface area contributed by atoms with E-state index in [1.165, 1.54) is 25.7 Å². The van der Waals surface area contributed by atoms with Crippen molar-refractivity contribution in [1.82, 2.24) is 34.4 Å². The zero-order chi connectivity index (χ0) is 25.9. The van der Waals surface area contributed by atoms with Crippen LogP contribution >= 0.6 is 0 Å². The van der Waals surface area contributed by atoms with E-state index in [1.54, 1.807) is 30.6 Å². The standard InChI is InChI=1S/C22H23FN8O4S/c1-13-8-15(10-24-9-13)21-27-28-22(31(21)19-17(34-3)6-5-7-18(19)35-4)30-36(32,33)29-14(2)20-25-11-16(23)12-26-20/h5-12,14,29H,1-4H3,(H,28,30)/t14-/m0/s1. The molecule has 0 saturated heterocycles. The number of nitrogens with zero attached hydrogens (tertiary/aromatic N) is 6. The predicted molar refractivity (Wildman–Crippen MR) is 129 cm³/mol. The molecule has 0 unspecified atom stereocenters. The van der Waals surface area contributed by atoms with Gasteiger partial charge in [-0.25, -0.2) is 19.1 Å². The van der Waals surface area contributed by atoms with Crippen LogP contribution in [0, 0.1) is 12.7 Å². The van der Waals surface area contributed by atoms with Gasteiger partial charge in [0.05, 0.1) is 32.7 Å². The molecule has 3 heterocycles. The minimum absolute atomic E-state index is 0.0844. The molecular formula is C22H23FN8O4S. The summed E-state index contributed by atoms with van der Waals surface area (Å²) >= 11 is 0. The Morgan fingerprint density at radius 3 is 2.31 bits per heavy atom. The first-order valence-electron chi connectivity index (χ1n) is 10.6. The number of para-hydroxylation sites is 1. The number of anilines is 1. The molecule has 2 N–H and O–H groups in total. The molecule has 0 bridgehead atoms. The summed E-state index contributed by atoms with van der Waals surface area (Å²) in [5.74, 6) is 0.371. The highest BCUT2D eigenvalue weighted by Gasteiger charge is 2.26. The summed E-state index contributed by atoms with van der Waals surface area (Å²) in [6.07, 6.45) is 5.17. The number of hydrogen-bond donors (Lipinski definition) is 2. The van der Waals surface area contributed by atoms with Crippen molar-refractivity contribution < 1.29 is 22.3 Å². The Labute approximate surface area is 206 Å². The largest absolute Gasteiger partial charge is 0.494 e. The van der Waals surface area contributed by atoms with Crippen LogP contribution in [0.5, 0.6) is 11.5 Å². The van der Waals surface area contributed by atoms with Crippen LogP contribution in [0.4, 0.5) is 10.3 Å². The Kier molecular flexibility index (Phi) is 7.07. The topological polar surface area (TPSA) is 146 Å².